The quantitative estimate of drug-likeness (QED) is 0.605. The van der Waals surface area contributed by atoms with Crippen molar-refractivity contribution in [3.63, 3.8) is 0 Å². The number of likely N-dealkylation sites (N-methyl/N-ethyl adjacent to an activating group) is 1. The molecule has 0 radical (unpaired) electrons. The summed E-state index contributed by atoms with van der Waals surface area (Å²) in [6.07, 6.45) is 0. The minimum Gasteiger partial charge on any atom is -0.343 e. The van der Waals surface area contributed by atoms with Gasteiger partial charge >= 0.3 is 0 Å². The molecule has 76 valence electrons. The minimum absolute atomic E-state index is 0.0260. The van der Waals surface area contributed by atoms with E-state index in [1.807, 2.05) is 25.8 Å². The molecule has 3 nitrogen and oxygen atoms in total. The van der Waals surface area contributed by atoms with Crippen LogP contribution in [-0.4, -0.2) is 36.5 Å². The molecule has 13 heavy (non-hydrogen) atoms. The van der Waals surface area contributed by atoms with Gasteiger partial charge in [0.05, 0.1) is 5.41 Å². The highest BCUT2D eigenvalue weighted by Crippen LogP contribution is 2.22. The summed E-state index contributed by atoms with van der Waals surface area (Å²) in [6.45, 7) is 9.75. The Morgan fingerprint density at radius 2 is 1.85 bits per heavy atom. The third kappa shape index (κ3) is 2.21. The van der Waals surface area contributed by atoms with Gasteiger partial charge in [0.1, 0.15) is 0 Å². The lowest BCUT2D eigenvalue weighted by molar-refractivity contribution is -0.137. The van der Waals surface area contributed by atoms with E-state index in [4.69, 9.17) is 0 Å². The van der Waals surface area contributed by atoms with E-state index in [1.54, 1.807) is 0 Å². The number of hydrogen-bond donors (Lipinski definition) is 1. The first-order chi connectivity index (χ1) is 5.75. The Morgan fingerprint density at radius 1 is 1.31 bits per heavy atom. The molecule has 0 atom stereocenters. The standard InChI is InChI=1S/C10H20N2O/c1-9(2)6-11-10(3,4)7-12(5)8(9)13/h11H,6-7H2,1-5H3. The maximum atomic E-state index is 11.8. The second kappa shape index (κ2) is 2.98. The van der Waals surface area contributed by atoms with E-state index in [9.17, 15) is 4.79 Å². The van der Waals surface area contributed by atoms with E-state index in [1.165, 1.54) is 0 Å². The summed E-state index contributed by atoms with van der Waals surface area (Å²) in [6, 6.07) is 0. The topological polar surface area (TPSA) is 32.3 Å². The van der Waals surface area contributed by atoms with E-state index < -0.39 is 0 Å². The summed E-state index contributed by atoms with van der Waals surface area (Å²) in [7, 11) is 1.87. The number of rotatable bonds is 0. The fourth-order valence-electron chi connectivity index (χ4n) is 1.77. The summed E-state index contributed by atoms with van der Waals surface area (Å²) >= 11 is 0. The third-order valence-electron chi connectivity index (χ3n) is 2.57. The molecule has 1 N–H and O–H groups in total. The number of carbonyl (C=O) groups is 1. The largest absolute Gasteiger partial charge is 0.343 e. The predicted octanol–water partition coefficient (Wildman–Crippen LogP) is 0.853. The number of amides is 1. The first-order valence-electron chi connectivity index (χ1n) is 4.75. The Kier molecular flexibility index (Phi) is 2.41. The summed E-state index contributed by atoms with van der Waals surface area (Å²) in [5.74, 6) is 0.227. The first kappa shape index (κ1) is 10.5. The van der Waals surface area contributed by atoms with E-state index in [0.29, 0.717) is 0 Å². The van der Waals surface area contributed by atoms with Crippen molar-refractivity contribution in [2.24, 2.45) is 5.41 Å². The van der Waals surface area contributed by atoms with Crippen molar-refractivity contribution in [3.8, 4) is 0 Å². The van der Waals surface area contributed by atoms with Gasteiger partial charge in [0, 0.05) is 25.7 Å². The second-order valence-electron chi connectivity index (χ2n) is 5.28. The lowest BCUT2D eigenvalue weighted by Crippen LogP contribution is -2.46. The third-order valence-corrected chi connectivity index (χ3v) is 2.57. The molecule has 0 bridgehead atoms. The van der Waals surface area contributed by atoms with Gasteiger partial charge in [0.2, 0.25) is 5.91 Å². The van der Waals surface area contributed by atoms with Crippen LogP contribution in [0.15, 0.2) is 0 Å². The van der Waals surface area contributed by atoms with Crippen LogP contribution in [0.2, 0.25) is 0 Å². The zero-order chi connectivity index (χ0) is 10.3. The Hall–Kier alpha value is -0.570. The molecule has 1 aliphatic rings. The molecular weight excluding hydrogens is 164 g/mol. The van der Waals surface area contributed by atoms with Crippen LogP contribution in [0.5, 0.6) is 0 Å². The predicted molar refractivity (Wildman–Crippen MR) is 53.5 cm³/mol. The lowest BCUT2D eigenvalue weighted by Gasteiger charge is -2.27. The molecule has 0 aliphatic carbocycles. The monoisotopic (exact) mass is 184 g/mol. The molecule has 0 aromatic rings. The van der Waals surface area contributed by atoms with Crippen molar-refractivity contribution in [2.75, 3.05) is 20.1 Å². The number of nitrogens with one attached hydrogen (secondary N) is 1. The molecule has 1 amide bonds. The van der Waals surface area contributed by atoms with Crippen LogP contribution < -0.4 is 5.32 Å². The van der Waals surface area contributed by atoms with Crippen molar-refractivity contribution >= 4 is 5.91 Å². The number of nitrogens with zero attached hydrogens (tertiary/aromatic N) is 1. The van der Waals surface area contributed by atoms with Crippen molar-refractivity contribution in [1.82, 2.24) is 10.2 Å². The van der Waals surface area contributed by atoms with Crippen molar-refractivity contribution in [1.29, 1.82) is 0 Å². The number of hydrogen-bond acceptors (Lipinski definition) is 2. The molecule has 0 unspecified atom stereocenters. The van der Waals surface area contributed by atoms with Crippen LogP contribution in [0.4, 0.5) is 0 Å². The second-order valence-corrected chi connectivity index (χ2v) is 5.28. The van der Waals surface area contributed by atoms with Gasteiger partial charge in [-0.05, 0) is 27.7 Å². The Balaban J connectivity index is 2.87. The molecular formula is C10H20N2O. The van der Waals surface area contributed by atoms with Crippen molar-refractivity contribution in [2.45, 2.75) is 33.2 Å². The van der Waals surface area contributed by atoms with Gasteiger partial charge < -0.3 is 10.2 Å². The smallest absolute Gasteiger partial charge is 0.229 e. The molecule has 0 aromatic heterocycles. The van der Waals surface area contributed by atoms with E-state index in [2.05, 4.69) is 19.2 Å². The molecule has 1 heterocycles. The fourth-order valence-corrected chi connectivity index (χ4v) is 1.77. The molecule has 0 saturated carbocycles. The van der Waals surface area contributed by atoms with Gasteiger partial charge in [-0.2, -0.15) is 0 Å². The average molecular weight is 184 g/mol. The van der Waals surface area contributed by atoms with Crippen molar-refractivity contribution in [3.05, 3.63) is 0 Å². The van der Waals surface area contributed by atoms with Gasteiger partial charge in [-0.3, -0.25) is 4.79 Å². The van der Waals surface area contributed by atoms with Crippen LogP contribution in [-0.2, 0) is 4.79 Å². The molecule has 3 heteroatoms. The Morgan fingerprint density at radius 3 is 2.38 bits per heavy atom. The van der Waals surface area contributed by atoms with Crippen molar-refractivity contribution < 1.29 is 4.79 Å². The SMILES string of the molecule is CN1CC(C)(C)NCC(C)(C)C1=O. The summed E-state index contributed by atoms with van der Waals surface area (Å²) < 4.78 is 0. The summed E-state index contributed by atoms with van der Waals surface area (Å²) in [5, 5.41) is 3.41. The Bertz CT molecular complexity index is 221. The maximum absolute atomic E-state index is 11.8. The van der Waals surface area contributed by atoms with Crippen LogP contribution in [0.1, 0.15) is 27.7 Å². The molecule has 0 spiro atoms. The molecule has 0 aromatic carbocycles. The van der Waals surface area contributed by atoms with Crippen LogP contribution in [0.3, 0.4) is 0 Å². The highest BCUT2D eigenvalue weighted by molar-refractivity contribution is 5.82. The van der Waals surface area contributed by atoms with Gasteiger partial charge in [0.15, 0.2) is 0 Å². The fraction of sp³-hybridized carbons (Fsp3) is 0.900. The van der Waals surface area contributed by atoms with Crippen LogP contribution in [0, 0.1) is 5.41 Å². The average Bonchev–Trinajstić information content (AvgIpc) is 2.03. The van der Waals surface area contributed by atoms with Gasteiger partial charge in [-0.15, -0.1) is 0 Å². The zero-order valence-electron chi connectivity index (χ0n) is 9.27. The molecule has 1 aliphatic heterocycles. The molecule has 1 rings (SSSR count). The molecule has 1 fully saturated rings. The number of carbonyl (C=O) groups excluding carboxylic acids is 1. The Labute approximate surface area is 80.5 Å². The van der Waals surface area contributed by atoms with E-state index >= 15 is 0 Å². The van der Waals surface area contributed by atoms with E-state index in [0.717, 1.165) is 13.1 Å². The zero-order valence-corrected chi connectivity index (χ0v) is 9.27. The summed E-state index contributed by atoms with van der Waals surface area (Å²) in [5.41, 5.74) is -0.249. The molecule has 1 saturated heterocycles. The van der Waals surface area contributed by atoms with Crippen LogP contribution >= 0.6 is 0 Å². The highest BCUT2D eigenvalue weighted by Gasteiger charge is 2.37. The van der Waals surface area contributed by atoms with Gasteiger partial charge in [-0.1, -0.05) is 0 Å². The van der Waals surface area contributed by atoms with Gasteiger partial charge in [-0.25, -0.2) is 0 Å². The normalized spacial score (nSPS) is 27.2. The first-order valence-corrected chi connectivity index (χ1v) is 4.75. The minimum atomic E-state index is -0.275. The highest BCUT2D eigenvalue weighted by atomic mass is 16.2. The lowest BCUT2D eigenvalue weighted by atomic mass is 9.92. The van der Waals surface area contributed by atoms with Crippen LogP contribution in [0.25, 0.3) is 0 Å². The maximum Gasteiger partial charge on any atom is 0.229 e. The van der Waals surface area contributed by atoms with E-state index in [-0.39, 0.29) is 16.9 Å². The van der Waals surface area contributed by atoms with Gasteiger partial charge in [0.25, 0.3) is 0 Å². The summed E-state index contributed by atoms with van der Waals surface area (Å²) in [4.78, 5) is 13.7.